The molecule has 60 valence electrons. The summed E-state index contributed by atoms with van der Waals surface area (Å²) in [4.78, 5) is 10.4. The van der Waals surface area contributed by atoms with Gasteiger partial charge >= 0.3 is 5.97 Å². The quantitative estimate of drug-likeness (QED) is 0.521. The molecule has 0 aromatic carbocycles. The molecular formula is C6H11BrO3. The van der Waals surface area contributed by atoms with Gasteiger partial charge in [0.05, 0.1) is 0 Å². The van der Waals surface area contributed by atoms with Crippen LogP contribution in [-0.4, -0.2) is 24.2 Å². The van der Waals surface area contributed by atoms with Crippen molar-refractivity contribution in [3.8, 4) is 0 Å². The summed E-state index contributed by atoms with van der Waals surface area (Å²) in [6.45, 7) is 3.12. The van der Waals surface area contributed by atoms with E-state index in [-0.39, 0.29) is 17.1 Å². The Kier molecular flexibility index (Phi) is 4.64. The third kappa shape index (κ3) is 3.85. The van der Waals surface area contributed by atoms with Crippen molar-refractivity contribution < 1.29 is 14.3 Å². The fraction of sp³-hybridized carbons (Fsp3) is 0.833. The molecule has 0 saturated carbocycles. The fourth-order valence-electron chi connectivity index (χ4n) is 0.507. The predicted molar refractivity (Wildman–Crippen MR) is 41.0 cm³/mol. The van der Waals surface area contributed by atoms with Crippen LogP contribution in [0.5, 0.6) is 0 Å². The summed E-state index contributed by atoms with van der Waals surface area (Å²) >= 11 is 3.17. The zero-order valence-electron chi connectivity index (χ0n) is 6.26. The lowest BCUT2D eigenvalue weighted by Crippen LogP contribution is -2.24. The molecule has 0 fully saturated rings. The first kappa shape index (κ1) is 9.91. The van der Waals surface area contributed by atoms with Gasteiger partial charge in [0.2, 0.25) is 0 Å². The maximum atomic E-state index is 10.4. The van der Waals surface area contributed by atoms with Crippen LogP contribution in [0.2, 0.25) is 0 Å². The number of carbonyl (C=O) groups is 1. The zero-order valence-corrected chi connectivity index (χ0v) is 7.84. The van der Waals surface area contributed by atoms with Gasteiger partial charge in [-0.15, -0.1) is 0 Å². The SMILES string of the molecule is CO[C@@H](Br)C(C)OC(C)=O. The summed E-state index contributed by atoms with van der Waals surface area (Å²) in [7, 11) is 1.54. The molecule has 0 aliphatic carbocycles. The van der Waals surface area contributed by atoms with Crippen molar-refractivity contribution in [2.24, 2.45) is 0 Å². The van der Waals surface area contributed by atoms with Crippen LogP contribution in [0.4, 0.5) is 0 Å². The van der Waals surface area contributed by atoms with Gasteiger partial charge in [0.1, 0.15) is 11.1 Å². The largest absolute Gasteiger partial charge is 0.459 e. The normalized spacial score (nSPS) is 16.0. The number of carbonyl (C=O) groups excluding carboxylic acids is 1. The highest BCUT2D eigenvalue weighted by molar-refractivity contribution is 9.09. The van der Waals surface area contributed by atoms with Crippen molar-refractivity contribution in [2.75, 3.05) is 7.11 Å². The lowest BCUT2D eigenvalue weighted by atomic mass is 10.4. The van der Waals surface area contributed by atoms with Crippen molar-refractivity contribution in [1.82, 2.24) is 0 Å². The maximum Gasteiger partial charge on any atom is 0.303 e. The van der Waals surface area contributed by atoms with Crippen molar-refractivity contribution >= 4 is 21.9 Å². The van der Waals surface area contributed by atoms with E-state index >= 15 is 0 Å². The molecule has 0 aromatic rings. The van der Waals surface area contributed by atoms with E-state index in [9.17, 15) is 4.79 Å². The molecule has 0 rings (SSSR count). The number of ether oxygens (including phenoxy) is 2. The molecule has 0 saturated heterocycles. The summed E-state index contributed by atoms with van der Waals surface area (Å²) < 4.78 is 9.64. The Morgan fingerprint density at radius 3 is 2.40 bits per heavy atom. The van der Waals surface area contributed by atoms with E-state index in [0.29, 0.717) is 0 Å². The number of alkyl halides is 1. The van der Waals surface area contributed by atoms with Gasteiger partial charge in [-0.1, -0.05) is 15.9 Å². The van der Waals surface area contributed by atoms with Crippen molar-refractivity contribution in [2.45, 2.75) is 25.0 Å². The van der Waals surface area contributed by atoms with Crippen LogP contribution in [-0.2, 0) is 14.3 Å². The summed E-state index contributed by atoms with van der Waals surface area (Å²) in [5.41, 5.74) is 0. The van der Waals surface area contributed by atoms with Gasteiger partial charge in [-0.05, 0) is 6.92 Å². The highest BCUT2D eigenvalue weighted by Gasteiger charge is 2.14. The molecule has 0 aliphatic rings. The number of rotatable bonds is 3. The van der Waals surface area contributed by atoms with E-state index in [1.165, 1.54) is 6.92 Å². The molecule has 0 aromatic heterocycles. The highest BCUT2D eigenvalue weighted by Crippen LogP contribution is 2.09. The van der Waals surface area contributed by atoms with Crippen LogP contribution in [0.25, 0.3) is 0 Å². The molecule has 0 radical (unpaired) electrons. The molecule has 0 aliphatic heterocycles. The fourth-order valence-corrected chi connectivity index (χ4v) is 0.615. The topological polar surface area (TPSA) is 35.5 Å². The Balaban J connectivity index is 3.61. The third-order valence-electron chi connectivity index (χ3n) is 0.946. The van der Waals surface area contributed by atoms with Crippen LogP contribution < -0.4 is 0 Å². The second-order valence-corrected chi connectivity index (χ2v) is 2.80. The van der Waals surface area contributed by atoms with Crippen LogP contribution >= 0.6 is 15.9 Å². The van der Waals surface area contributed by atoms with Gasteiger partial charge in [0.15, 0.2) is 0 Å². The summed E-state index contributed by atoms with van der Waals surface area (Å²) in [5, 5.41) is -0.226. The minimum atomic E-state index is -0.297. The molecule has 3 nitrogen and oxygen atoms in total. The molecule has 0 heterocycles. The Hall–Kier alpha value is -0.0900. The lowest BCUT2D eigenvalue weighted by molar-refractivity contribution is -0.148. The molecule has 0 bridgehead atoms. The smallest absolute Gasteiger partial charge is 0.303 e. The van der Waals surface area contributed by atoms with Crippen LogP contribution in [0.3, 0.4) is 0 Å². The van der Waals surface area contributed by atoms with Crippen molar-refractivity contribution in [3.05, 3.63) is 0 Å². The molecule has 0 N–H and O–H groups in total. The van der Waals surface area contributed by atoms with E-state index in [0.717, 1.165) is 0 Å². The second kappa shape index (κ2) is 4.68. The average molecular weight is 211 g/mol. The van der Waals surface area contributed by atoms with Crippen LogP contribution in [0.1, 0.15) is 13.8 Å². The predicted octanol–water partition coefficient (Wildman–Crippen LogP) is 1.31. The summed E-state index contributed by atoms with van der Waals surface area (Å²) in [6, 6.07) is 0. The number of hydrogen-bond donors (Lipinski definition) is 0. The lowest BCUT2D eigenvalue weighted by Gasteiger charge is -2.15. The number of methoxy groups -OCH3 is 1. The number of hydrogen-bond acceptors (Lipinski definition) is 3. The first-order valence-corrected chi connectivity index (χ1v) is 3.83. The van der Waals surface area contributed by atoms with Gasteiger partial charge in [-0.3, -0.25) is 4.79 Å². The summed E-state index contributed by atoms with van der Waals surface area (Å²) in [6.07, 6.45) is -0.248. The second-order valence-electron chi connectivity index (χ2n) is 1.90. The van der Waals surface area contributed by atoms with Gasteiger partial charge in [-0.2, -0.15) is 0 Å². The zero-order chi connectivity index (χ0) is 8.15. The minimum absolute atomic E-state index is 0.226. The monoisotopic (exact) mass is 210 g/mol. The van der Waals surface area contributed by atoms with Gasteiger partial charge in [0, 0.05) is 14.0 Å². The number of esters is 1. The molecule has 1 unspecified atom stereocenters. The minimum Gasteiger partial charge on any atom is -0.459 e. The van der Waals surface area contributed by atoms with E-state index < -0.39 is 0 Å². The molecule has 10 heavy (non-hydrogen) atoms. The summed E-state index contributed by atoms with van der Waals surface area (Å²) in [5.74, 6) is -0.297. The molecular weight excluding hydrogens is 200 g/mol. The van der Waals surface area contributed by atoms with Gasteiger partial charge in [0.25, 0.3) is 0 Å². The van der Waals surface area contributed by atoms with Crippen molar-refractivity contribution in [3.63, 3.8) is 0 Å². The van der Waals surface area contributed by atoms with Gasteiger partial charge < -0.3 is 9.47 Å². The standard InChI is InChI=1S/C6H11BrO3/c1-4(6(7)9-3)10-5(2)8/h4,6H,1-3H3/t4?,6-/m1/s1. The van der Waals surface area contributed by atoms with Gasteiger partial charge in [-0.25, -0.2) is 0 Å². The Morgan fingerprint density at radius 2 is 2.10 bits per heavy atom. The van der Waals surface area contributed by atoms with Crippen LogP contribution in [0.15, 0.2) is 0 Å². The average Bonchev–Trinajstić information content (AvgIpc) is 1.85. The Morgan fingerprint density at radius 1 is 1.60 bits per heavy atom. The van der Waals surface area contributed by atoms with E-state index in [4.69, 9.17) is 9.47 Å². The van der Waals surface area contributed by atoms with Crippen LogP contribution in [0, 0.1) is 0 Å². The molecule has 4 heteroatoms. The highest BCUT2D eigenvalue weighted by atomic mass is 79.9. The first-order valence-electron chi connectivity index (χ1n) is 2.92. The number of halogens is 1. The van der Waals surface area contributed by atoms with Crippen molar-refractivity contribution in [1.29, 1.82) is 0 Å². The van der Waals surface area contributed by atoms with E-state index in [2.05, 4.69) is 15.9 Å². The Bertz CT molecular complexity index is 116. The Labute approximate surface area is 68.8 Å². The first-order chi connectivity index (χ1) is 4.57. The van der Waals surface area contributed by atoms with E-state index in [1.807, 2.05) is 0 Å². The molecule has 2 atom stereocenters. The van der Waals surface area contributed by atoms with E-state index in [1.54, 1.807) is 14.0 Å². The third-order valence-corrected chi connectivity index (χ3v) is 2.06. The molecule has 0 amide bonds. The maximum absolute atomic E-state index is 10.4. The molecule has 0 spiro atoms.